The fourth-order valence-electron chi connectivity index (χ4n) is 2.53. The zero-order valence-corrected chi connectivity index (χ0v) is 17.8. The number of amides is 1. The zero-order valence-electron chi connectivity index (χ0n) is 15.4. The number of esters is 1. The highest BCUT2D eigenvalue weighted by Crippen LogP contribution is 2.36. The van der Waals surface area contributed by atoms with E-state index in [0.717, 1.165) is 16.0 Å². The van der Waals surface area contributed by atoms with Gasteiger partial charge in [-0.2, -0.15) is 0 Å². The van der Waals surface area contributed by atoms with E-state index in [2.05, 4.69) is 5.32 Å². The second-order valence-electron chi connectivity index (χ2n) is 5.94. The number of rotatable bonds is 6. The van der Waals surface area contributed by atoms with Crippen LogP contribution in [0.5, 0.6) is 0 Å². The molecule has 0 aliphatic rings. The second kappa shape index (κ2) is 9.74. The van der Waals surface area contributed by atoms with Gasteiger partial charge in [-0.15, -0.1) is 11.3 Å². The van der Waals surface area contributed by atoms with E-state index in [0.29, 0.717) is 20.6 Å². The van der Waals surface area contributed by atoms with Crippen LogP contribution in [0.15, 0.2) is 60.7 Å². The molecule has 0 saturated carbocycles. The maximum Gasteiger partial charge on any atom is 0.341 e. The van der Waals surface area contributed by atoms with Crippen molar-refractivity contribution in [2.75, 3.05) is 11.9 Å². The van der Waals surface area contributed by atoms with E-state index in [1.807, 2.05) is 30.3 Å². The Morgan fingerprint density at radius 1 is 1.07 bits per heavy atom. The number of carbonyl (C=O) groups is 2. The minimum absolute atomic E-state index is 0.250. The molecule has 0 radical (unpaired) electrons. The SMILES string of the molecule is CCOC(=O)c1cc(-c2ccccc2)sc1NC(=O)/C=C/c1ccc(Cl)c(Cl)c1. The fraction of sp³-hybridized carbons (Fsp3) is 0.0909. The van der Waals surface area contributed by atoms with E-state index in [4.69, 9.17) is 27.9 Å². The van der Waals surface area contributed by atoms with Gasteiger partial charge < -0.3 is 10.1 Å². The third-order valence-corrected chi connectivity index (χ3v) is 5.73. The van der Waals surface area contributed by atoms with Gasteiger partial charge in [0.05, 0.1) is 22.2 Å². The number of carbonyl (C=O) groups excluding carboxylic acids is 2. The molecular weight excluding hydrogens is 429 g/mol. The Morgan fingerprint density at radius 3 is 2.52 bits per heavy atom. The highest BCUT2D eigenvalue weighted by atomic mass is 35.5. The molecule has 0 fully saturated rings. The van der Waals surface area contributed by atoms with Gasteiger partial charge >= 0.3 is 5.97 Å². The smallest absolute Gasteiger partial charge is 0.341 e. The largest absolute Gasteiger partial charge is 0.462 e. The summed E-state index contributed by atoms with van der Waals surface area (Å²) in [5.41, 5.74) is 2.01. The first-order valence-corrected chi connectivity index (χ1v) is 10.4. The molecule has 0 aliphatic carbocycles. The highest BCUT2D eigenvalue weighted by molar-refractivity contribution is 7.20. The minimum Gasteiger partial charge on any atom is -0.462 e. The molecule has 0 aliphatic heterocycles. The average molecular weight is 446 g/mol. The summed E-state index contributed by atoms with van der Waals surface area (Å²) in [5, 5.41) is 4.06. The Balaban J connectivity index is 1.83. The standard InChI is InChI=1S/C22H17Cl2NO3S/c1-2-28-22(27)16-13-19(15-6-4-3-5-7-15)29-21(16)25-20(26)11-9-14-8-10-17(23)18(24)12-14/h3-13H,2H2,1H3,(H,25,26)/b11-9+. The summed E-state index contributed by atoms with van der Waals surface area (Å²) in [5.74, 6) is -0.849. The first-order valence-electron chi connectivity index (χ1n) is 8.78. The summed E-state index contributed by atoms with van der Waals surface area (Å²) in [6, 6.07) is 16.4. The van der Waals surface area contributed by atoms with Gasteiger partial charge in [0.1, 0.15) is 5.00 Å². The lowest BCUT2D eigenvalue weighted by Gasteiger charge is -2.04. The molecule has 0 unspecified atom stereocenters. The molecule has 29 heavy (non-hydrogen) atoms. The average Bonchev–Trinajstić information content (AvgIpc) is 3.13. The van der Waals surface area contributed by atoms with Crippen molar-refractivity contribution in [1.82, 2.24) is 0 Å². The highest BCUT2D eigenvalue weighted by Gasteiger charge is 2.19. The summed E-state index contributed by atoms with van der Waals surface area (Å²) in [7, 11) is 0. The Kier molecular flexibility index (Phi) is 7.09. The van der Waals surface area contributed by atoms with Crippen LogP contribution in [-0.2, 0) is 9.53 Å². The first kappa shape index (κ1) is 21.1. The van der Waals surface area contributed by atoms with E-state index >= 15 is 0 Å². The normalized spacial score (nSPS) is 10.9. The van der Waals surface area contributed by atoms with Crippen LogP contribution in [0.1, 0.15) is 22.8 Å². The third-order valence-electron chi connectivity index (χ3n) is 3.89. The lowest BCUT2D eigenvalue weighted by Crippen LogP contribution is -2.11. The lowest BCUT2D eigenvalue weighted by molar-refractivity contribution is -0.111. The minimum atomic E-state index is -0.477. The van der Waals surface area contributed by atoms with E-state index < -0.39 is 5.97 Å². The number of halogens is 2. The molecule has 0 atom stereocenters. The van der Waals surface area contributed by atoms with Crippen LogP contribution in [0.25, 0.3) is 16.5 Å². The van der Waals surface area contributed by atoms with Gasteiger partial charge in [-0.05, 0) is 42.3 Å². The Morgan fingerprint density at radius 2 is 1.83 bits per heavy atom. The van der Waals surface area contributed by atoms with Crippen LogP contribution >= 0.6 is 34.5 Å². The molecule has 2 aromatic carbocycles. The van der Waals surface area contributed by atoms with Crippen LogP contribution in [0.4, 0.5) is 5.00 Å². The zero-order chi connectivity index (χ0) is 20.8. The summed E-state index contributed by atoms with van der Waals surface area (Å²) >= 11 is 13.2. The number of thiophene rings is 1. The molecule has 0 saturated heterocycles. The van der Waals surface area contributed by atoms with Crippen molar-refractivity contribution in [1.29, 1.82) is 0 Å². The maximum absolute atomic E-state index is 12.4. The number of hydrogen-bond acceptors (Lipinski definition) is 4. The molecule has 7 heteroatoms. The number of benzene rings is 2. The van der Waals surface area contributed by atoms with Crippen LogP contribution < -0.4 is 5.32 Å². The summed E-state index contributed by atoms with van der Waals surface area (Å²) in [4.78, 5) is 25.6. The van der Waals surface area contributed by atoms with Gasteiger partial charge in [0.15, 0.2) is 0 Å². The third kappa shape index (κ3) is 5.48. The molecule has 1 aromatic heterocycles. The van der Waals surface area contributed by atoms with Crippen molar-refractivity contribution in [2.24, 2.45) is 0 Å². The first-order chi connectivity index (χ1) is 14.0. The molecule has 3 rings (SSSR count). The van der Waals surface area contributed by atoms with E-state index in [1.54, 1.807) is 37.3 Å². The molecule has 3 aromatic rings. The van der Waals surface area contributed by atoms with Crippen LogP contribution in [-0.4, -0.2) is 18.5 Å². The van der Waals surface area contributed by atoms with Gasteiger partial charge in [-0.3, -0.25) is 4.79 Å². The van der Waals surface area contributed by atoms with Crippen LogP contribution in [0, 0.1) is 0 Å². The van der Waals surface area contributed by atoms with Crippen molar-refractivity contribution in [3.05, 3.63) is 81.8 Å². The Labute approximate surface area is 182 Å². The Hall–Kier alpha value is -2.60. The summed E-state index contributed by atoms with van der Waals surface area (Å²) in [6.07, 6.45) is 2.99. The van der Waals surface area contributed by atoms with Crippen molar-refractivity contribution < 1.29 is 14.3 Å². The second-order valence-corrected chi connectivity index (χ2v) is 7.80. The molecular formula is C22H17Cl2NO3S. The summed E-state index contributed by atoms with van der Waals surface area (Å²) < 4.78 is 5.12. The molecule has 4 nitrogen and oxygen atoms in total. The number of ether oxygens (including phenoxy) is 1. The monoisotopic (exact) mass is 445 g/mol. The fourth-order valence-corrected chi connectivity index (χ4v) is 3.89. The van der Waals surface area contributed by atoms with Gasteiger partial charge in [0.2, 0.25) is 5.91 Å². The van der Waals surface area contributed by atoms with Gasteiger partial charge in [0.25, 0.3) is 0 Å². The summed E-state index contributed by atoms with van der Waals surface area (Å²) in [6.45, 7) is 1.99. The maximum atomic E-state index is 12.4. The topological polar surface area (TPSA) is 55.4 Å². The Bertz CT molecular complexity index is 1060. The van der Waals surface area contributed by atoms with Crippen molar-refractivity contribution in [2.45, 2.75) is 6.92 Å². The van der Waals surface area contributed by atoms with Crippen molar-refractivity contribution >= 4 is 57.5 Å². The number of anilines is 1. The van der Waals surface area contributed by atoms with Crippen molar-refractivity contribution in [3.63, 3.8) is 0 Å². The molecule has 1 heterocycles. The number of nitrogens with one attached hydrogen (secondary N) is 1. The predicted octanol–water partition coefficient (Wildman–Crippen LogP) is 6.55. The quantitative estimate of drug-likeness (QED) is 0.345. The van der Waals surface area contributed by atoms with E-state index in [1.165, 1.54) is 17.4 Å². The van der Waals surface area contributed by atoms with Gasteiger partial charge in [-0.1, -0.05) is 59.6 Å². The van der Waals surface area contributed by atoms with Crippen LogP contribution in [0.2, 0.25) is 10.0 Å². The lowest BCUT2D eigenvalue weighted by atomic mass is 10.1. The predicted molar refractivity (Wildman–Crippen MR) is 120 cm³/mol. The van der Waals surface area contributed by atoms with Crippen LogP contribution in [0.3, 0.4) is 0 Å². The molecule has 0 spiro atoms. The van der Waals surface area contributed by atoms with Crippen molar-refractivity contribution in [3.8, 4) is 10.4 Å². The van der Waals surface area contributed by atoms with E-state index in [9.17, 15) is 9.59 Å². The van der Waals surface area contributed by atoms with Gasteiger partial charge in [-0.25, -0.2) is 4.79 Å². The van der Waals surface area contributed by atoms with Gasteiger partial charge in [0, 0.05) is 11.0 Å². The molecule has 1 amide bonds. The molecule has 1 N–H and O–H groups in total. The van der Waals surface area contributed by atoms with E-state index in [-0.39, 0.29) is 12.5 Å². The molecule has 0 bridgehead atoms. The number of hydrogen-bond donors (Lipinski definition) is 1. The molecule has 148 valence electrons.